The molecule has 1 aromatic carbocycles. The minimum Gasteiger partial charge on any atom is -0.310 e. The van der Waals surface area contributed by atoms with Crippen molar-refractivity contribution in [3.8, 4) is 0 Å². The molecule has 1 saturated heterocycles. The van der Waals surface area contributed by atoms with Gasteiger partial charge in [0.1, 0.15) is 9.84 Å². The molecule has 0 unspecified atom stereocenters. The van der Waals surface area contributed by atoms with Crippen LogP contribution >= 0.6 is 0 Å². The van der Waals surface area contributed by atoms with E-state index < -0.39 is 14.8 Å². The van der Waals surface area contributed by atoms with Gasteiger partial charge in [0.25, 0.3) is 5.69 Å². The van der Waals surface area contributed by atoms with Crippen molar-refractivity contribution >= 4 is 15.5 Å². The molecular weight excluding hydrogens is 292 g/mol. The normalized spacial score (nSPS) is 20.0. The number of non-ortho nitro benzene ring substituents is 1. The van der Waals surface area contributed by atoms with Crippen LogP contribution in [0.3, 0.4) is 0 Å². The van der Waals surface area contributed by atoms with Crippen molar-refractivity contribution < 1.29 is 13.3 Å². The van der Waals surface area contributed by atoms with Crippen molar-refractivity contribution in [2.24, 2.45) is 5.92 Å². The van der Waals surface area contributed by atoms with Gasteiger partial charge in [0.15, 0.2) is 0 Å². The maximum atomic E-state index is 11.4. The van der Waals surface area contributed by atoms with Crippen molar-refractivity contribution in [3.63, 3.8) is 0 Å². The molecule has 1 atom stereocenters. The first-order valence-corrected chi connectivity index (χ1v) is 8.88. The van der Waals surface area contributed by atoms with Gasteiger partial charge < -0.3 is 5.32 Å². The van der Waals surface area contributed by atoms with E-state index in [1.807, 2.05) is 6.92 Å². The first-order valence-electron chi connectivity index (χ1n) is 7.05. The molecule has 6 nitrogen and oxygen atoms in total. The van der Waals surface area contributed by atoms with Crippen LogP contribution in [0.5, 0.6) is 0 Å². The summed E-state index contributed by atoms with van der Waals surface area (Å²) in [6.07, 6.45) is 1.42. The molecule has 1 aliphatic heterocycles. The first-order chi connectivity index (χ1) is 9.87. The summed E-state index contributed by atoms with van der Waals surface area (Å²) in [5, 5.41) is 14.0. The molecule has 0 saturated carbocycles. The van der Waals surface area contributed by atoms with Gasteiger partial charge in [0.05, 0.1) is 16.4 Å². The van der Waals surface area contributed by atoms with Gasteiger partial charge in [-0.3, -0.25) is 10.1 Å². The Morgan fingerprint density at radius 2 is 1.86 bits per heavy atom. The molecule has 0 bridgehead atoms. The van der Waals surface area contributed by atoms with Gasteiger partial charge >= 0.3 is 0 Å². The summed E-state index contributed by atoms with van der Waals surface area (Å²) in [5.74, 6) is 0.949. The monoisotopic (exact) mass is 312 g/mol. The second-order valence-electron chi connectivity index (χ2n) is 5.57. The van der Waals surface area contributed by atoms with Crippen LogP contribution in [-0.4, -0.2) is 31.4 Å². The molecular formula is C14H20N2O4S. The number of rotatable bonds is 5. The van der Waals surface area contributed by atoms with E-state index in [0.29, 0.717) is 18.8 Å². The predicted octanol–water partition coefficient (Wildman–Crippen LogP) is 2.07. The number of hydrogen-bond acceptors (Lipinski definition) is 5. The number of benzene rings is 1. The lowest BCUT2D eigenvalue weighted by atomic mass is 10.0. The molecule has 1 fully saturated rings. The third-order valence-corrected chi connectivity index (χ3v) is 5.71. The zero-order valence-electron chi connectivity index (χ0n) is 12.0. The summed E-state index contributed by atoms with van der Waals surface area (Å²) < 4.78 is 22.7. The van der Waals surface area contributed by atoms with E-state index in [-0.39, 0.29) is 23.2 Å². The van der Waals surface area contributed by atoms with Crippen molar-refractivity contribution in [3.05, 3.63) is 39.9 Å². The number of nitro benzene ring substituents is 1. The molecule has 7 heteroatoms. The minimum atomic E-state index is -2.81. The second-order valence-corrected chi connectivity index (χ2v) is 7.88. The van der Waals surface area contributed by atoms with E-state index in [1.165, 1.54) is 12.1 Å². The summed E-state index contributed by atoms with van der Waals surface area (Å²) in [6.45, 7) is 2.77. The van der Waals surface area contributed by atoms with Crippen LogP contribution in [0, 0.1) is 16.0 Å². The van der Waals surface area contributed by atoms with Crippen LogP contribution in [0.2, 0.25) is 0 Å². The van der Waals surface area contributed by atoms with Gasteiger partial charge in [-0.1, -0.05) is 12.1 Å². The number of nitro groups is 1. The maximum Gasteiger partial charge on any atom is 0.269 e. The molecule has 2 rings (SSSR count). The third-order valence-electron chi connectivity index (χ3n) is 3.99. The van der Waals surface area contributed by atoms with E-state index in [0.717, 1.165) is 12.1 Å². The number of nitrogens with zero attached hydrogens (tertiary/aromatic N) is 1. The molecule has 116 valence electrons. The zero-order chi connectivity index (χ0) is 15.5. The second kappa shape index (κ2) is 6.53. The molecule has 0 radical (unpaired) electrons. The molecule has 0 amide bonds. The Morgan fingerprint density at radius 3 is 2.38 bits per heavy atom. The average Bonchev–Trinajstić information content (AvgIpc) is 2.46. The van der Waals surface area contributed by atoms with Crippen molar-refractivity contribution in [2.45, 2.75) is 25.8 Å². The van der Waals surface area contributed by atoms with Gasteiger partial charge in [0.2, 0.25) is 0 Å². The van der Waals surface area contributed by atoms with Crippen LogP contribution < -0.4 is 5.32 Å². The lowest BCUT2D eigenvalue weighted by molar-refractivity contribution is -0.384. The highest BCUT2D eigenvalue weighted by molar-refractivity contribution is 7.91. The van der Waals surface area contributed by atoms with Gasteiger partial charge in [-0.15, -0.1) is 0 Å². The third kappa shape index (κ3) is 4.50. The smallest absolute Gasteiger partial charge is 0.269 e. The molecule has 1 aromatic rings. The molecule has 0 spiro atoms. The Labute approximate surface area is 124 Å². The van der Waals surface area contributed by atoms with Gasteiger partial charge in [-0.25, -0.2) is 8.42 Å². The van der Waals surface area contributed by atoms with Crippen LogP contribution in [0.1, 0.15) is 31.4 Å². The topological polar surface area (TPSA) is 89.3 Å². The zero-order valence-corrected chi connectivity index (χ0v) is 12.8. The summed E-state index contributed by atoms with van der Waals surface area (Å²) in [7, 11) is -2.81. The Kier molecular flexibility index (Phi) is 4.95. The molecule has 0 aliphatic carbocycles. The Morgan fingerprint density at radius 1 is 1.29 bits per heavy atom. The fraction of sp³-hybridized carbons (Fsp3) is 0.571. The lowest BCUT2D eigenvalue weighted by Crippen LogP contribution is -2.32. The molecule has 1 N–H and O–H groups in total. The highest BCUT2D eigenvalue weighted by Crippen LogP contribution is 2.21. The SMILES string of the molecule is C[C@H](NCC1CCS(=O)(=O)CC1)c1ccc([N+](=O)[O-])cc1. The number of nitrogens with one attached hydrogen (secondary N) is 1. The van der Waals surface area contributed by atoms with Crippen LogP contribution in [-0.2, 0) is 9.84 Å². The Balaban J connectivity index is 1.84. The highest BCUT2D eigenvalue weighted by atomic mass is 32.2. The first kappa shape index (κ1) is 15.9. The number of hydrogen-bond donors (Lipinski definition) is 1. The Hall–Kier alpha value is -1.47. The van der Waals surface area contributed by atoms with E-state index in [9.17, 15) is 18.5 Å². The van der Waals surface area contributed by atoms with E-state index in [2.05, 4.69) is 5.32 Å². The number of sulfone groups is 1. The lowest BCUT2D eigenvalue weighted by Gasteiger charge is -2.24. The predicted molar refractivity (Wildman–Crippen MR) is 80.9 cm³/mol. The van der Waals surface area contributed by atoms with Crippen molar-refractivity contribution in [1.82, 2.24) is 5.32 Å². The van der Waals surface area contributed by atoms with Gasteiger partial charge in [-0.2, -0.15) is 0 Å². The summed E-state index contributed by atoms with van der Waals surface area (Å²) in [6, 6.07) is 6.59. The van der Waals surface area contributed by atoms with E-state index >= 15 is 0 Å². The fourth-order valence-corrected chi connectivity index (χ4v) is 4.08. The maximum absolute atomic E-state index is 11.4. The van der Waals surface area contributed by atoms with Crippen LogP contribution in [0.25, 0.3) is 0 Å². The highest BCUT2D eigenvalue weighted by Gasteiger charge is 2.23. The summed E-state index contributed by atoms with van der Waals surface area (Å²) in [4.78, 5) is 10.2. The van der Waals surface area contributed by atoms with Crippen LogP contribution in [0.4, 0.5) is 5.69 Å². The molecule has 1 heterocycles. The van der Waals surface area contributed by atoms with Crippen molar-refractivity contribution in [2.75, 3.05) is 18.1 Å². The summed E-state index contributed by atoms with van der Waals surface area (Å²) >= 11 is 0. The van der Waals surface area contributed by atoms with E-state index in [4.69, 9.17) is 0 Å². The molecule has 0 aromatic heterocycles. The minimum absolute atomic E-state index is 0.0865. The fourth-order valence-electron chi connectivity index (χ4n) is 2.49. The molecule has 1 aliphatic rings. The summed E-state index contributed by atoms with van der Waals surface area (Å²) in [5.41, 5.74) is 1.08. The quantitative estimate of drug-likeness (QED) is 0.664. The molecule has 21 heavy (non-hydrogen) atoms. The van der Waals surface area contributed by atoms with E-state index in [1.54, 1.807) is 12.1 Å². The van der Waals surface area contributed by atoms with Gasteiger partial charge in [0, 0.05) is 18.2 Å². The van der Waals surface area contributed by atoms with Crippen LogP contribution in [0.15, 0.2) is 24.3 Å². The van der Waals surface area contributed by atoms with Gasteiger partial charge in [-0.05, 0) is 37.8 Å². The largest absolute Gasteiger partial charge is 0.310 e. The Bertz CT molecular complexity index is 584. The average molecular weight is 312 g/mol. The standard InChI is InChI=1S/C14H20N2O4S/c1-11(13-2-4-14(5-3-13)16(17)18)15-10-12-6-8-21(19,20)9-7-12/h2-5,11-12,15H,6-10H2,1H3/t11-/m0/s1. The van der Waals surface area contributed by atoms with Crippen molar-refractivity contribution in [1.29, 1.82) is 0 Å².